The first-order chi connectivity index (χ1) is 14.5. The van der Waals surface area contributed by atoms with Crippen LogP contribution in [0.2, 0.25) is 0 Å². The van der Waals surface area contributed by atoms with Crippen LogP contribution in [-0.4, -0.2) is 15.6 Å². The molecule has 0 atom stereocenters. The van der Waals surface area contributed by atoms with Crippen molar-refractivity contribution >= 4 is 5.91 Å². The molecule has 0 radical (unpaired) electrons. The first kappa shape index (κ1) is 21.2. The molecule has 0 aliphatic rings. The first-order valence-electron chi connectivity index (χ1n) is 10.3. The molecule has 1 aromatic heterocycles. The third-order valence-electron chi connectivity index (χ3n) is 5.51. The second kappa shape index (κ2) is 9.32. The van der Waals surface area contributed by atoms with E-state index >= 15 is 0 Å². The largest absolute Gasteiger partial charge is 0.508 e. The predicted molar refractivity (Wildman–Crippen MR) is 118 cm³/mol. The Morgan fingerprint density at radius 1 is 1.10 bits per heavy atom. The van der Waals surface area contributed by atoms with Gasteiger partial charge in [0.1, 0.15) is 5.75 Å². The third-order valence-corrected chi connectivity index (χ3v) is 5.51. The Kier molecular flexibility index (Phi) is 6.58. The van der Waals surface area contributed by atoms with Crippen LogP contribution < -0.4 is 5.73 Å². The monoisotopic (exact) mass is 401 g/mol. The van der Waals surface area contributed by atoms with Crippen molar-refractivity contribution in [1.82, 2.24) is 4.57 Å². The minimum atomic E-state index is -0.437. The van der Waals surface area contributed by atoms with Crippen LogP contribution in [0.15, 0.2) is 48.5 Å². The maximum Gasteiger partial charge on any atom is 0.251 e. The lowest BCUT2D eigenvalue weighted by atomic mass is 9.97. The summed E-state index contributed by atoms with van der Waals surface area (Å²) < 4.78 is 2.20. The van der Waals surface area contributed by atoms with Gasteiger partial charge in [-0.1, -0.05) is 37.6 Å². The van der Waals surface area contributed by atoms with Crippen LogP contribution in [-0.2, 0) is 19.4 Å². The number of nitrogens with two attached hydrogens (primary N) is 1. The van der Waals surface area contributed by atoms with Crippen LogP contribution in [0.5, 0.6) is 5.75 Å². The van der Waals surface area contributed by atoms with E-state index in [9.17, 15) is 9.90 Å². The highest BCUT2D eigenvalue weighted by atomic mass is 16.3. The van der Waals surface area contributed by atoms with Crippen LogP contribution in [0, 0.1) is 18.3 Å². The van der Waals surface area contributed by atoms with Crippen molar-refractivity contribution in [3.63, 3.8) is 0 Å². The predicted octanol–water partition coefficient (Wildman–Crippen LogP) is 4.73. The number of rotatable bonds is 8. The number of aryl methyl sites for hydroxylation is 1. The molecule has 0 saturated carbocycles. The van der Waals surface area contributed by atoms with E-state index < -0.39 is 5.91 Å². The number of carbonyl (C=O) groups excluding carboxylic acids is 1. The lowest BCUT2D eigenvalue weighted by Gasteiger charge is -2.13. The van der Waals surface area contributed by atoms with Crippen molar-refractivity contribution in [1.29, 1.82) is 5.26 Å². The lowest BCUT2D eigenvalue weighted by molar-refractivity contribution is 0.1000. The topological polar surface area (TPSA) is 92.0 Å². The number of unbranched alkanes of at least 4 members (excludes halogenated alkanes) is 1. The quantitative estimate of drug-likeness (QED) is 0.572. The van der Waals surface area contributed by atoms with E-state index in [0.29, 0.717) is 17.7 Å². The van der Waals surface area contributed by atoms with Gasteiger partial charge >= 0.3 is 0 Å². The number of primary amides is 1. The number of hydrogen-bond acceptors (Lipinski definition) is 3. The van der Waals surface area contributed by atoms with E-state index in [1.54, 1.807) is 24.3 Å². The summed E-state index contributed by atoms with van der Waals surface area (Å²) in [5.41, 5.74) is 11.8. The molecule has 154 valence electrons. The fourth-order valence-corrected chi connectivity index (χ4v) is 3.93. The van der Waals surface area contributed by atoms with Crippen molar-refractivity contribution in [2.75, 3.05) is 0 Å². The number of aromatic nitrogens is 1. The summed E-state index contributed by atoms with van der Waals surface area (Å²) in [6.07, 6.45) is 3.67. The number of hydrogen-bond donors (Lipinski definition) is 2. The Hall–Kier alpha value is -3.52. The van der Waals surface area contributed by atoms with Gasteiger partial charge in [0.15, 0.2) is 0 Å². The van der Waals surface area contributed by atoms with Crippen LogP contribution >= 0.6 is 0 Å². The van der Waals surface area contributed by atoms with Gasteiger partial charge in [-0.25, -0.2) is 0 Å². The van der Waals surface area contributed by atoms with E-state index in [4.69, 9.17) is 11.0 Å². The number of aromatic hydroxyl groups is 1. The summed E-state index contributed by atoms with van der Waals surface area (Å²) in [5.74, 6) is -0.188. The van der Waals surface area contributed by atoms with Crippen molar-refractivity contribution in [3.05, 3.63) is 76.6 Å². The van der Waals surface area contributed by atoms with E-state index in [0.717, 1.165) is 53.8 Å². The average molecular weight is 402 g/mol. The average Bonchev–Trinajstić information content (AvgIpc) is 3.03. The van der Waals surface area contributed by atoms with E-state index in [-0.39, 0.29) is 5.75 Å². The summed E-state index contributed by atoms with van der Waals surface area (Å²) in [6.45, 7) is 4.80. The van der Waals surface area contributed by atoms with E-state index in [1.807, 2.05) is 31.2 Å². The van der Waals surface area contributed by atoms with Crippen LogP contribution in [0.1, 0.15) is 52.6 Å². The number of amides is 1. The Morgan fingerprint density at radius 3 is 2.33 bits per heavy atom. The zero-order valence-electron chi connectivity index (χ0n) is 17.5. The number of nitrogens with zero attached hydrogens (tertiary/aromatic N) is 2. The second-order valence-corrected chi connectivity index (χ2v) is 7.51. The van der Waals surface area contributed by atoms with Gasteiger partial charge in [-0.2, -0.15) is 5.26 Å². The Morgan fingerprint density at radius 2 is 1.77 bits per heavy atom. The van der Waals surface area contributed by atoms with Crippen LogP contribution in [0.4, 0.5) is 0 Å². The Labute approximate surface area is 177 Å². The number of phenolic OH excluding ortho intramolecular Hbond substituents is 1. The molecular weight excluding hydrogens is 374 g/mol. The fraction of sp³-hybridized carbons (Fsp3) is 0.280. The molecule has 0 spiro atoms. The van der Waals surface area contributed by atoms with E-state index in [2.05, 4.69) is 17.6 Å². The maximum absolute atomic E-state index is 12.4. The smallest absolute Gasteiger partial charge is 0.251 e. The molecule has 2 aromatic carbocycles. The zero-order valence-corrected chi connectivity index (χ0v) is 17.5. The third kappa shape index (κ3) is 4.38. The molecule has 0 aliphatic carbocycles. The maximum atomic E-state index is 12.4. The molecule has 5 heteroatoms. The SMILES string of the molecule is CCCCc1c(-c2ccc(C#N)cc2)c(C(N)=O)c(C)n1CCc1ccc(O)cc1. The molecule has 5 nitrogen and oxygen atoms in total. The molecular formula is C25H27N3O2. The van der Waals surface area contributed by atoms with Gasteiger partial charge in [0, 0.05) is 23.5 Å². The zero-order chi connectivity index (χ0) is 21.7. The fourth-order valence-electron chi connectivity index (χ4n) is 3.93. The molecule has 3 aromatic rings. The Bertz CT molecular complexity index is 1070. The van der Waals surface area contributed by atoms with Crippen molar-refractivity contribution in [3.8, 4) is 22.9 Å². The molecule has 3 rings (SSSR count). The molecule has 0 saturated heterocycles. The number of nitriles is 1. The van der Waals surface area contributed by atoms with Crippen LogP contribution in [0.3, 0.4) is 0 Å². The van der Waals surface area contributed by atoms with Gasteiger partial charge in [-0.15, -0.1) is 0 Å². The molecule has 0 aliphatic heterocycles. The van der Waals surface area contributed by atoms with Gasteiger partial charge in [0.25, 0.3) is 5.91 Å². The summed E-state index contributed by atoms with van der Waals surface area (Å²) in [4.78, 5) is 12.4. The molecule has 0 fully saturated rings. The Balaban J connectivity index is 2.09. The van der Waals surface area contributed by atoms with Crippen LogP contribution in [0.25, 0.3) is 11.1 Å². The molecule has 30 heavy (non-hydrogen) atoms. The normalized spacial score (nSPS) is 10.7. The van der Waals surface area contributed by atoms with Gasteiger partial charge < -0.3 is 15.4 Å². The number of carbonyl (C=O) groups is 1. The van der Waals surface area contributed by atoms with Gasteiger partial charge in [-0.3, -0.25) is 4.79 Å². The summed E-state index contributed by atoms with van der Waals surface area (Å²) >= 11 is 0. The minimum absolute atomic E-state index is 0.249. The highest BCUT2D eigenvalue weighted by molar-refractivity contribution is 6.02. The highest BCUT2D eigenvalue weighted by Gasteiger charge is 2.24. The summed E-state index contributed by atoms with van der Waals surface area (Å²) in [6, 6.07) is 16.7. The summed E-state index contributed by atoms with van der Waals surface area (Å²) in [5, 5.41) is 18.6. The van der Waals surface area contributed by atoms with E-state index in [1.165, 1.54) is 0 Å². The lowest BCUT2D eigenvalue weighted by Crippen LogP contribution is -2.14. The van der Waals surface area contributed by atoms with Crippen molar-refractivity contribution in [2.45, 2.75) is 46.1 Å². The minimum Gasteiger partial charge on any atom is -0.508 e. The molecule has 3 N–H and O–H groups in total. The van der Waals surface area contributed by atoms with Crippen molar-refractivity contribution in [2.24, 2.45) is 5.73 Å². The number of benzene rings is 2. The molecule has 0 unspecified atom stereocenters. The first-order valence-corrected chi connectivity index (χ1v) is 10.3. The molecule has 1 heterocycles. The molecule has 1 amide bonds. The molecule has 0 bridgehead atoms. The van der Waals surface area contributed by atoms with Crippen molar-refractivity contribution < 1.29 is 9.90 Å². The highest BCUT2D eigenvalue weighted by Crippen LogP contribution is 2.34. The van der Waals surface area contributed by atoms with Gasteiger partial charge in [0.05, 0.1) is 17.2 Å². The van der Waals surface area contributed by atoms with Gasteiger partial charge in [0.2, 0.25) is 0 Å². The second-order valence-electron chi connectivity index (χ2n) is 7.51. The summed E-state index contributed by atoms with van der Waals surface area (Å²) in [7, 11) is 0. The standard InChI is InChI=1S/C25H27N3O2/c1-3-4-5-22-24(20-10-6-19(16-26)7-11-20)23(25(27)30)17(2)28(22)15-14-18-8-12-21(29)13-9-18/h6-13,29H,3-5,14-15H2,1-2H3,(H2,27,30). The van der Waals surface area contributed by atoms with Gasteiger partial charge in [-0.05, 0) is 61.6 Å². The number of phenols is 1.